The molecule has 3 aromatic rings. The van der Waals surface area contributed by atoms with Crippen LogP contribution in [0.25, 0.3) is 0 Å². The van der Waals surface area contributed by atoms with E-state index in [4.69, 9.17) is 11.6 Å². The number of sulfonamides is 1. The fourth-order valence-electron chi connectivity index (χ4n) is 3.26. The number of nitrogens with zero attached hydrogens (tertiary/aromatic N) is 1. The number of carbonyl (C=O) groups is 1. The highest BCUT2D eigenvalue weighted by Crippen LogP contribution is 2.29. The first-order chi connectivity index (χ1) is 16.2. The first-order valence-electron chi connectivity index (χ1n) is 10.5. The molecule has 8 heteroatoms. The second-order valence-corrected chi connectivity index (χ2v) is 9.80. The molecule has 172 valence electrons. The van der Waals surface area contributed by atoms with Gasteiger partial charge in [-0.3, -0.25) is 4.79 Å². The molecule has 0 aromatic heterocycles. The largest absolute Gasteiger partial charge is 0.354 e. The lowest BCUT2D eigenvalue weighted by Crippen LogP contribution is -2.26. The van der Waals surface area contributed by atoms with Crippen LogP contribution in [0, 0.1) is 13.8 Å². The number of aryl methyl sites for hydroxylation is 2. The van der Waals surface area contributed by atoms with Crippen molar-refractivity contribution in [2.75, 3.05) is 10.6 Å². The number of halogens is 1. The smallest absolute Gasteiger partial charge is 0.282 e. The number of rotatable bonds is 6. The van der Waals surface area contributed by atoms with Gasteiger partial charge in [-0.1, -0.05) is 65.2 Å². The van der Waals surface area contributed by atoms with E-state index in [1.165, 1.54) is 18.2 Å². The summed E-state index contributed by atoms with van der Waals surface area (Å²) in [5.41, 5.74) is 4.09. The molecule has 34 heavy (non-hydrogen) atoms. The Kier molecular flexibility index (Phi) is 6.68. The first-order valence-corrected chi connectivity index (χ1v) is 12.3. The number of hydrogen-bond donors (Lipinski definition) is 2. The Balaban J connectivity index is 1.77. The van der Waals surface area contributed by atoms with Crippen molar-refractivity contribution in [1.29, 1.82) is 0 Å². The minimum absolute atomic E-state index is 0.0135. The van der Waals surface area contributed by atoms with Crippen LogP contribution in [-0.2, 0) is 14.8 Å². The number of ketones is 1. The molecule has 0 saturated heterocycles. The van der Waals surface area contributed by atoms with E-state index in [1.807, 2.05) is 62.4 Å². The monoisotopic (exact) mass is 491 g/mol. The van der Waals surface area contributed by atoms with Gasteiger partial charge in [0.25, 0.3) is 10.0 Å². The van der Waals surface area contributed by atoms with Crippen LogP contribution in [0.3, 0.4) is 0 Å². The Morgan fingerprint density at radius 2 is 1.29 bits per heavy atom. The molecule has 0 amide bonds. The van der Waals surface area contributed by atoms with Crippen LogP contribution in [0.4, 0.5) is 11.4 Å². The maximum atomic E-state index is 13.0. The van der Waals surface area contributed by atoms with Crippen molar-refractivity contribution in [3.8, 4) is 0 Å². The molecule has 0 atom stereocenters. The summed E-state index contributed by atoms with van der Waals surface area (Å²) in [7, 11) is -4.11. The van der Waals surface area contributed by atoms with Gasteiger partial charge in [0.05, 0.1) is 16.3 Å². The lowest BCUT2D eigenvalue weighted by atomic mass is 10.0. The van der Waals surface area contributed by atoms with Crippen molar-refractivity contribution in [2.45, 2.75) is 18.7 Å². The summed E-state index contributed by atoms with van der Waals surface area (Å²) < 4.78 is 29.4. The topological polar surface area (TPSA) is 87.6 Å². The number of carbonyl (C=O) groups excluding carboxylic acids is 1. The van der Waals surface area contributed by atoms with Crippen LogP contribution in [-0.4, -0.2) is 19.9 Å². The Morgan fingerprint density at radius 1 is 0.765 bits per heavy atom. The van der Waals surface area contributed by atoms with Crippen LogP contribution >= 0.6 is 11.6 Å². The molecule has 0 bridgehead atoms. The molecule has 1 aliphatic rings. The summed E-state index contributed by atoms with van der Waals surface area (Å²) >= 11 is 6.48. The third kappa shape index (κ3) is 5.27. The maximum absolute atomic E-state index is 13.0. The zero-order valence-electron chi connectivity index (χ0n) is 18.5. The molecule has 6 nitrogen and oxygen atoms in total. The average molecular weight is 492 g/mol. The number of allylic oxidation sites excluding steroid dienone is 2. The van der Waals surface area contributed by atoms with E-state index in [0.29, 0.717) is 11.4 Å². The molecule has 0 unspecified atom stereocenters. The van der Waals surface area contributed by atoms with Gasteiger partial charge in [0.2, 0.25) is 5.78 Å². The lowest BCUT2D eigenvalue weighted by molar-refractivity contribution is -0.109. The molecule has 0 fully saturated rings. The molecule has 0 aliphatic heterocycles. The summed E-state index contributed by atoms with van der Waals surface area (Å²) in [5, 5.41) is 6.23. The molecule has 3 aromatic carbocycles. The predicted molar refractivity (Wildman–Crippen MR) is 137 cm³/mol. The fraction of sp³-hybridized carbons (Fsp3) is 0.0769. The van der Waals surface area contributed by atoms with Gasteiger partial charge in [0.15, 0.2) is 0 Å². The minimum Gasteiger partial charge on any atom is -0.354 e. The molecule has 0 saturated carbocycles. The number of benzene rings is 3. The van der Waals surface area contributed by atoms with Gasteiger partial charge in [0, 0.05) is 11.4 Å². The van der Waals surface area contributed by atoms with Crippen LogP contribution in [0.2, 0.25) is 0 Å². The summed E-state index contributed by atoms with van der Waals surface area (Å²) in [5.74, 6) is -0.690. The third-order valence-corrected chi connectivity index (χ3v) is 6.78. The number of anilines is 2. The van der Waals surface area contributed by atoms with Crippen molar-refractivity contribution in [2.24, 2.45) is 4.40 Å². The predicted octanol–water partition coefficient (Wildman–Crippen LogP) is 5.57. The van der Waals surface area contributed by atoms with Crippen LogP contribution < -0.4 is 10.6 Å². The van der Waals surface area contributed by atoms with Crippen LogP contribution in [0.5, 0.6) is 0 Å². The van der Waals surface area contributed by atoms with Gasteiger partial charge < -0.3 is 10.6 Å². The minimum atomic E-state index is -4.11. The fourth-order valence-corrected chi connectivity index (χ4v) is 4.50. The van der Waals surface area contributed by atoms with Crippen LogP contribution in [0.15, 0.2) is 111 Å². The van der Waals surface area contributed by atoms with E-state index < -0.39 is 15.8 Å². The second-order valence-electron chi connectivity index (χ2n) is 7.82. The highest BCUT2D eigenvalue weighted by Gasteiger charge is 2.29. The Morgan fingerprint density at radius 3 is 1.85 bits per heavy atom. The van der Waals surface area contributed by atoms with Gasteiger partial charge in [0.1, 0.15) is 10.7 Å². The van der Waals surface area contributed by atoms with E-state index in [2.05, 4.69) is 15.0 Å². The molecule has 4 rings (SSSR count). The van der Waals surface area contributed by atoms with Crippen molar-refractivity contribution >= 4 is 44.5 Å². The molecule has 0 heterocycles. The summed E-state index contributed by atoms with van der Waals surface area (Å²) in [6, 6.07) is 22.9. The van der Waals surface area contributed by atoms with Gasteiger partial charge in [-0.2, -0.15) is 12.8 Å². The van der Waals surface area contributed by atoms with Crippen LogP contribution in [0.1, 0.15) is 11.1 Å². The summed E-state index contributed by atoms with van der Waals surface area (Å²) in [6.45, 7) is 3.95. The van der Waals surface area contributed by atoms with E-state index in [1.54, 1.807) is 18.2 Å². The molecular weight excluding hydrogens is 470 g/mol. The van der Waals surface area contributed by atoms with Gasteiger partial charge in [-0.15, -0.1) is 0 Å². The first kappa shape index (κ1) is 23.5. The third-order valence-electron chi connectivity index (χ3n) is 5.11. The Bertz CT molecular complexity index is 1420. The van der Waals surface area contributed by atoms with Gasteiger partial charge in [-0.05, 0) is 56.3 Å². The van der Waals surface area contributed by atoms with Gasteiger partial charge >= 0.3 is 0 Å². The maximum Gasteiger partial charge on any atom is 0.282 e. The molecule has 0 radical (unpaired) electrons. The number of nitrogens with one attached hydrogen (secondary N) is 2. The zero-order chi connectivity index (χ0) is 24.3. The molecule has 1 aliphatic carbocycles. The van der Waals surface area contributed by atoms with Crippen molar-refractivity contribution < 1.29 is 13.2 Å². The van der Waals surface area contributed by atoms with Gasteiger partial charge in [-0.25, -0.2) is 0 Å². The van der Waals surface area contributed by atoms with E-state index in [9.17, 15) is 13.2 Å². The van der Waals surface area contributed by atoms with Crippen molar-refractivity contribution in [3.05, 3.63) is 112 Å². The zero-order valence-corrected chi connectivity index (χ0v) is 20.1. The molecule has 2 N–H and O–H groups in total. The van der Waals surface area contributed by atoms with Crippen molar-refractivity contribution in [3.63, 3.8) is 0 Å². The van der Waals surface area contributed by atoms with E-state index in [-0.39, 0.29) is 15.6 Å². The Hall–Kier alpha value is -3.68. The summed E-state index contributed by atoms with van der Waals surface area (Å²) in [4.78, 5) is 13.0. The highest BCUT2D eigenvalue weighted by atomic mass is 35.5. The Labute approximate surface area is 203 Å². The van der Waals surface area contributed by atoms with Crippen molar-refractivity contribution in [1.82, 2.24) is 0 Å². The normalized spacial score (nSPS) is 15.3. The SMILES string of the molecule is Cc1ccc(NC2=CC(=NS(=O)(=O)c3ccccc3)C(=O)C(Cl)=C2Nc2ccc(C)cc2)cc1. The molecular formula is C26H22ClN3O3S. The second kappa shape index (κ2) is 9.67. The average Bonchev–Trinajstić information content (AvgIpc) is 2.83. The number of Topliss-reactive ketones (excluding diaryl/α,β-unsaturated/α-hetero) is 1. The lowest BCUT2D eigenvalue weighted by Gasteiger charge is -2.22. The highest BCUT2D eigenvalue weighted by molar-refractivity contribution is 7.90. The summed E-state index contributed by atoms with van der Waals surface area (Å²) in [6.07, 6.45) is 1.39. The van der Waals surface area contributed by atoms with E-state index >= 15 is 0 Å². The molecule has 0 spiro atoms. The van der Waals surface area contributed by atoms with E-state index in [0.717, 1.165) is 22.5 Å². The number of hydrogen-bond acceptors (Lipinski definition) is 5. The standard InChI is InChI=1S/C26H22ClN3O3S/c1-17-8-12-19(13-9-17)28-22-16-23(30-34(32,33)21-6-4-3-5-7-21)26(31)24(27)25(22)29-20-14-10-18(2)11-15-20/h3-16,28-29H,1-2H3. The quantitative estimate of drug-likeness (QED) is 0.440.